The molecule has 3 aromatic carbocycles. The van der Waals surface area contributed by atoms with E-state index >= 15 is 0 Å². The summed E-state index contributed by atoms with van der Waals surface area (Å²) in [6.45, 7) is 4.32. The summed E-state index contributed by atoms with van der Waals surface area (Å²) in [5.74, 6) is 1.31. The molecule has 0 radical (unpaired) electrons. The Labute approximate surface area is 166 Å². The van der Waals surface area contributed by atoms with Crippen molar-refractivity contribution >= 4 is 11.6 Å². The molecule has 28 heavy (non-hydrogen) atoms. The van der Waals surface area contributed by atoms with Gasteiger partial charge in [0.25, 0.3) is 5.91 Å². The number of carbonyl (C=O) groups excluding carboxylic acids is 1. The van der Waals surface area contributed by atoms with Gasteiger partial charge in [0.15, 0.2) is 6.10 Å². The molecule has 1 amide bonds. The van der Waals surface area contributed by atoms with Crippen LogP contribution in [0.5, 0.6) is 11.5 Å². The molecule has 4 nitrogen and oxygen atoms in total. The molecule has 0 fully saturated rings. The largest absolute Gasteiger partial charge is 0.489 e. The number of anilines is 1. The fourth-order valence-electron chi connectivity index (χ4n) is 2.77. The van der Waals surface area contributed by atoms with Crippen LogP contribution < -0.4 is 14.8 Å². The fourth-order valence-corrected chi connectivity index (χ4v) is 2.77. The average Bonchev–Trinajstić information content (AvgIpc) is 2.74. The first-order valence-electron chi connectivity index (χ1n) is 9.48. The highest BCUT2D eigenvalue weighted by atomic mass is 16.5. The third-order valence-corrected chi connectivity index (χ3v) is 4.40. The van der Waals surface area contributed by atoms with Gasteiger partial charge in [0.05, 0.1) is 0 Å². The third-order valence-electron chi connectivity index (χ3n) is 4.40. The number of carbonyl (C=O) groups is 1. The summed E-state index contributed by atoms with van der Waals surface area (Å²) in [6.07, 6.45) is 0.260. The number of hydrogen-bond acceptors (Lipinski definition) is 3. The van der Waals surface area contributed by atoms with E-state index in [2.05, 4.69) is 12.2 Å². The Kier molecular flexibility index (Phi) is 6.68. The molecular formula is C24H25NO3. The van der Waals surface area contributed by atoms with Gasteiger partial charge in [0.1, 0.15) is 18.1 Å². The minimum atomic E-state index is -0.596. The van der Waals surface area contributed by atoms with Gasteiger partial charge in [-0.15, -0.1) is 0 Å². The summed E-state index contributed by atoms with van der Waals surface area (Å²) < 4.78 is 11.6. The number of amides is 1. The zero-order valence-electron chi connectivity index (χ0n) is 16.2. The average molecular weight is 375 g/mol. The van der Waals surface area contributed by atoms with Gasteiger partial charge >= 0.3 is 0 Å². The van der Waals surface area contributed by atoms with E-state index in [0.29, 0.717) is 12.3 Å². The van der Waals surface area contributed by atoms with Crippen LogP contribution in [0.4, 0.5) is 5.69 Å². The second kappa shape index (κ2) is 9.60. The lowest BCUT2D eigenvalue weighted by atomic mass is 10.1. The van der Waals surface area contributed by atoms with Gasteiger partial charge < -0.3 is 14.8 Å². The number of hydrogen-bond donors (Lipinski definition) is 1. The molecule has 3 aromatic rings. The van der Waals surface area contributed by atoms with Gasteiger partial charge in [0.2, 0.25) is 0 Å². The van der Waals surface area contributed by atoms with E-state index in [1.807, 2.05) is 78.9 Å². The molecule has 1 unspecified atom stereocenters. The topological polar surface area (TPSA) is 47.6 Å². The Morgan fingerprint density at radius 3 is 2.32 bits per heavy atom. The van der Waals surface area contributed by atoms with Crippen LogP contribution in [0.3, 0.4) is 0 Å². The van der Waals surface area contributed by atoms with Gasteiger partial charge in [-0.05, 0) is 54.8 Å². The maximum absolute atomic E-state index is 12.4. The summed E-state index contributed by atoms with van der Waals surface area (Å²) >= 11 is 0. The molecule has 0 saturated carbocycles. The summed E-state index contributed by atoms with van der Waals surface area (Å²) in [7, 11) is 0. The molecule has 4 heteroatoms. The second-order valence-electron chi connectivity index (χ2n) is 6.51. The maximum atomic E-state index is 12.4. The van der Waals surface area contributed by atoms with Crippen LogP contribution in [0.2, 0.25) is 0 Å². The number of nitrogens with one attached hydrogen (secondary N) is 1. The highest BCUT2D eigenvalue weighted by molar-refractivity contribution is 5.94. The van der Waals surface area contributed by atoms with E-state index in [1.54, 1.807) is 6.92 Å². The van der Waals surface area contributed by atoms with E-state index in [-0.39, 0.29) is 5.91 Å². The Hall–Kier alpha value is -3.27. The number of rotatable bonds is 8. The highest BCUT2D eigenvalue weighted by Crippen LogP contribution is 2.21. The van der Waals surface area contributed by atoms with Crippen molar-refractivity contribution < 1.29 is 14.3 Å². The van der Waals surface area contributed by atoms with E-state index < -0.39 is 6.10 Å². The van der Waals surface area contributed by atoms with Gasteiger partial charge in [0, 0.05) is 5.69 Å². The lowest BCUT2D eigenvalue weighted by Gasteiger charge is -2.17. The van der Waals surface area contributed by atoms with Crippen molar-refractivity contribution in [3.63, 3.8) is 0 Å². The summed E-state index contributed by atoms with van der Waals surface area (Å²) in [6, 6.07) is 25.1. The summed E-state index contributed by atoms with van der Waals surface area (Å²) in [5, 5.41) is 2.88. The second-order valence-corrected chi connectivity index (χ2v) is 6.51. The molecule has 0 heterocycles. The Morgan fingerprint density at radius 2 is 1.61 bits per heavy atom. The first-order chi connectivity index (χ1) is 13.7. The number of ether oxygens (including phenoxy) is 2. The molecule has 0 aromatic heterocycles. The SMILES string of the molecule is CCc1ccccc1OC(C)C(=O)Nc1ccc(OCc2ccccc2)cc1. The monoisotopic (exact) mass is 375 g/mol. The van der Waals surface area contributed by atoms with Crippen molar-refractivity contribution in [2.75, 3.05) is 5.32 Å². The molecular weight excluding hydrogens is 350 g/mol. The molecule has 0 aliphatic heterocycles. The zero-order chi connectivity index (χ0) is 19.8. The molecule has 0 aliphatic carbocycles. The van der Waals surface area contributed by atoms with Gasteiger partial charge in [-0.25, -0.2) is 0 Å². The van der Waals surface area contributed by atoms with Crippen LogP contribution in [-0.2, 0) is 17.8 Å². The number of para-hydroxylation sites is 1. The van der Waals surface area contributed by atoms with Crippen LogP contribution in [0.25, 0.3) is 0 Å². The van der Waals surface area contributed by atoms with Crippen molar-refractivity contribution in [2.45, 2.75) is 33.0 Å². The molecule has 0 bridgehead atoms. The van der Waals surface area contributed by atoms with E-state index in [9.17, 15) is 4.79 Å². The van der Waals surface area contributed by atoms with Crippen molar-refractivity contribution in [1.82, 2.24) is 0 Å². The fraction of sp³-hybridized carbons (Fsp3) is 0.208. The smallest absolute Gasteiger partial charge is 0.265 e. The van der Waals surface area contributed by atoms with Gasteiger partial charge in [-0.3, -0.25) is 4.79 Å². The quantitative estimate of drug-likeness (QED) is 0.586. The lowest BCUT2D eigenvalue weighted by Crippen LogP contribution is -2.30. The maximum Gasteiger partial charge on any atom is 0.265 e. The Balaban J connectivity index is 1.53. The molecule has 144 valence electrons. The van der Waals surface area contributed by atoms with Crippen LogP contribution in [-0.4, -0.2) is 12.0 Å². The van der Waals surface area contributed by atoms with E-state index in [4.69, 9.17) is 9.47 Å². The van der Waals surface area contributed by atoms with Crippen molar-refractivity contribution in [1.29, 1.82) is 0 Å². The van der Waals surface area contributed by atoms with Crippen LogP contribution in [0.1, 0.15) is 25.0 Å². The van der Waals surface area contributed by atoms with Crippen molar-refractivity contribution in [3.8, 4) is 11.5 Å². The minimum Gasteiger partial charge on any atom is -0.489 e. The molecule has 1 N–H and O–H groups in total. The standard InChI is InChI=1S/C24H25NO3/c1-3-20-11-7-8-12-23(20)28-18(2)24(26)25-21-13-15-22(16-14-21)27-17-19-9-5-4-6-10-19/h4-16,18H,3,17H2,1-2H3,(H,25,26). The van der Waals surface area contributed by atoms with E-state index in [0.717, 1.165) is 29.0 Å². The molecule has 0 aliphatic rings. The van der Waals surface area contributed by atoms with Gasteiger partial charge in [-0.2, -0.15) is 0 Å². The molecule has 0 saturated heterocycles. The summed E-state index contributed by atoms with van der Waals surface area (Å²) in [4.78, 5) is 12.4. The zero-order valence-corrected chi connectivity index (χ0v) is 16.2. The first kappa shape index (κ1) is 19.5. The Bertz CT molecular complexity index is 891. The molecule has 3 rings (SSSR count). The van der Waals surface area contributed by atoms with Crippen molar-refractivity contribution in [3.05, 3.63) is 90.0 Å². The Morgan fingerprint density at radius 1 is 0.929 bits per heavy atom. The molecule has 1 atom stereocenters. The number of aryl methyl sites for hydroxylation is 1. The normalized spacial score (nSPS) is 11.5. The number of benzene rings is 3. The lowest BCUT2D eigenvalue weighted by molar-refractivity contribution is -0.122. The predicted octanol–water partition coefficient (Wildman–Crippen LogP) is 5.23. The van der Waals surface area contributed by atoms with Gasteiger partial charge in [-0.1, -0.05) is 55.5 Å². The van der Waals surface area contributed by atoms with Crippen molar-refractivity contribution in [2.24, 2.45) is 0 Å². The van der Waals surface area contributed by atoms with Crippen LogP contribution >= 0.6 is 0 Å². The van der Waals surface area contributed by atoms with Crippen LogP contribution in [0, 0.1) is 0 Å². The first-order valence-corrected chi connectivity index (χ1v) is 9.48. The summed E-state index contributed by atoms with van der Waals surface area (Å²) in [5.41, 5.74) is 2.90. The highest BCUT2D eigenvalue weighted by Gasteiger charge is 2.16. The van der Waals surface area contributed by atoms with Crippen LogP contribution in [0.15, 0.2) is 78.9 Å². The third kappa shape index (κ3) is 5.36. The minimum absolute atomic E-state index is 0.191. The predicted molar refractivity (Wildman–Crippen MR) is 112 cm³/mol. The molecule has 0 spiro atoms. The van der Waals surface area contributed by atoms with E-state index in [1.165, 1.54) is 0 Å².